The van der Waals surface area contributed by atoms with Gasteiger partial charge in [-0.2, -0.15) is 0 Å². The normalized spacial score (nSPS) is 10.5. The maximum Gasteiger partial charge on any atom is 0.354 e. The van der Waals surface area contributed by atoms with E-state index in [0.29, 0.717) is 0 Å². The Hall–Kier alpha value is -2.84. The average Bonchev–Trinajstić information content (AvgIpc) is 2.43. The van der Waals surface area contributed by atoms with Crippen molar-refractivity contribution in [2.24, 2.45) is 0 Å². The fraction of sp³-hybridized carbons (Fsp3) is 0. The molecule has 1 heterocycles. The number of carboxylic acids is 1. The number of nitrogen functional groups attached to an aromatic ring is 1. The van der Waals surface area contributed by atoms with E-state index < -0.39 is 46.4 Å². The minimum absolute atomic E-state index is 0.0420. The van der Waals surface area contributed by atoms with Crippen LogP contribution in [0.15, 0.2) is 18.2 Å². The molecule has 0 aliphatic rings. The minimum atomic E-state index is -1.68. The second-order valence-electron chi connectivity index (χ2n) is 3.91. The van der Waals surface area contributed by atoms with Crippen molar-refractivity contribution in [3.8, 4) is 0 Å². The Labute approximate surface area is 115 Å². The Morgan fingerprint density at radius 3 is 2.24 bits per heavy atom. The molecule has 1 aromatic carbocycles. The van der Waals surface area contributed by atoms with Crippen LogP contribution in [0, 0.1) is 23.3 Å². The molecule has 9 heteroatoms. The van der Waals surface area contributed by atoms with Crippen LogP contribution < -0.4 is 11.1 Å². The standard InChI is InChI=1S/C12H7F4N3O2/c13-4-3-5(14)9(16)10(8(4)15)19-11-6(17)1-2-7(18-11)12(20)21/h1-3H,17H2,(H,18,19)(H,20,21). The van der Waals surface area contributed by atoms with Crippen LogP contribution in [0.2, 0.25) is 0 Å². The van der Waals surface area contributed by atoms with Gasteiger partial charge in [0.15, 0.2) is 34.8 Å². The molecule has 21 heavy (non-hydrogen) atoms. The van der Waals surface area contributed by atoms with Gasteiger partial charge in [0.25, 0.3) is 0 Å². The number of aromatic nitrogens is 1. The van der Waals surface area contributed by atoms with E-state index >= 15 is 0 Å². The summed E-state index contributed by atoms with van der Waals surface area (Å²) in [5.41, 5.74) is 3.67. The zero-order valence-corrected chi connectivity index (χ0v) is 10.1. The van der Waals surface area contributed by atoms with Crippen LogP contribution in [0.5, 0.6) is 0 Å². The number of aromatic carboxylic acids is 1. The van der Waals surface area contributed by atoms with Crippen LogP contribution in [0.25, 0.3) is 0 Å². The van der Waals surface area contributed by atoms with Gasteiger partial charge in [-0.15, -0.1) is 0 Å². The maximum atomic E-state index is 13.5. The third-order valence-electron chi connectivity index (χ3n) is 2.50. The zero-order valence-electron chi connectivity index (χ0n) is 10.1. The number of carbonyl (C=O) groups is 1. The quantitative estimate of drug-likeness (QED) is 0.599. The number of rotatable bonds is 3. The van der Waals surface area contributed by atoms with Crippen molar-refractivity contribution in [2.75, 3.05) is 11.1 Å². The predicted molar refractivity (Wildman–Crippen MR) is 65.2 cm³/mol. The van der Waals surface area contributed by atoms with Crippen molar-refractivity contribution in [1.29, 1.82) is 0 Å². The van der Waals surface area contributed by atoms with Gasteiger partial charge in [0.1, 0.15) is 5.69 Å². The molecule has 2 rings (SSSR count). The SMILES string of the molecule is Nc1ccc(C(=O)O)nc1Nc1c(F)c(F)cc(F)c1F. The number of hydrogen-bond acceptors (Lipinski definition) is 4. The molecule has 0 spiro atoms. The summed E-state index contributed by atoms with van der Waals surface area (Å²) in [5.74, 6) is -8.47. The monoisotopic (exact) mass is 301 g/mol. The summed E-state index contributed by atoms with van der Waals surface area (Å²) in [5, 5.41) is 10.7. The van der Waals surface area contributed by atoms with E-state index in [1.807, 2.05) is 5.32 Å². The molecule has 0 bridgehead atoms. The number of nitrogens with zero attached hydrogens (tertiary/aromatic N) is 1. The zero-order chi connectivity index (χ0) is 15.7. The smallest absolute Gasteiger partial charge is 0.354 e. The first-order chi connectivity index (χ1) is 9.81. The predicted octanol–water partition coefficient (Wildman–Crippen LogP) is 2.66. The molecule has 0 saturated heterocycles. The molecule has 4 N–H and O–H groups in total. The van der Waals surface area contributed by atoms with Crippen molar-refractivity contribution >= 4 is 23.2 Å². The lowest BCUT2D eigenvalue weighted by Gasteiger charge is -2.11. The van der Waals surface area contributed by atoms with Gasteiger partial charge >= 0.3 is 5.97 Å². The highest BCUT2D eigenvalue weighted by Gasteiger charge is 2.20. The van der Waals surface area contributed by atoms with Crippen molar-refractivity contribution in [1.82, 2.24) is 4.98 Å². The van der Waals surface area contributed by atoms with Crippen molar-refractivity contribution in [3.63, 3.8) is 0 Å². The van der Waals surface area contributed by atoms with E-state index in [9.17, 15) is 22.4 Å². The van der Waals surface area contributed by atoms with Gasteiger partial charge in [-0.1, -0.05) is 0 Å². The second-order valence-corrected chi connectivity index (χ2v) is 3.91. The number of nitrogens with one attached hydrogen (secondary N) is 1. The summed E-state index contributed by atoms with van der Waals surface area (Å²) in [4.78, 5) is 14.3. The van der Waals surface area contributed by atoms with Crippen molar-refractivity contribution < 1.29 is 27.5 Å². The van der Waals surface area contributed by atoms with E-state index in [-0.39, 0.29) is 11.8 Å². The Morgan fingerprint density at radius 1 is 1.14 bits per heavy atom. The van der Waals surface area contributed by atoms with Crippen molar-refractivity contribution in [2.45, 2.75) is 0 Å². The number of carboxylic acid groups (broad SMARTS) is 1. The summed E-state index contributed by atoms with van der Waals surface area (Å²) >= 11 is 0. The Kier molecular flexibility index (Phi) is 3.66. The summed E-state index contributed by atoms with van der Waals surface area (Å²) < 4.78 is 53.1. The van der Waals surface area contributed by atoms with Crippen LogP contribution in [-0.2, 0) is 0 Å². The van der Waals surface area contributed by atoms with Gasteiger partial charge in [0.2, 0.25) is 0 Å². The van der Waals surface area contributed by atoms with Crippen LogP contribution in [0.4, 0.5) is 34.8 Å². The Bertz CT molecular complexity index is 711. The first kappa shape index (κ1) is 14.6. The van der Waals surface area contributed by atoms with Gasteiger partial charge in [-0.05, 0) is 12.1 Å². The summed E-state index contributed by atoms with van der Waals surface area (Å²) in [6.07, 6.45) is 0. The fourth-order valence-corrected chi connectivity index (χ4v) is 1.49. The first-order valence-electron chi connectivity index (χ1n) is 5.41. The number of halogens is 4. The molecule has 1 aromatic heterocycles. The van der Waals surface area contributed by atoms with Gasteiger partial charge in [0.05, 0.1) is 5.69 Å². The largest absolute Gasteiger partial charge is 0.477 e. The lowest BCUT2D eigenvalue weighted by molar-refractivity contribution is 0.0690. The molecule has 0 fully saturated rings. The lowest BCUT2D eigenvalue weighted by Crippen LogP contribution is -2.09. The minimum Gasteiger partial charge on any atom is -0.477 e. The highest BCUT2D eigenvalue weighted by atomic mass is 19.2. The van der Waals surface area contributed by atoms with E-state index in [1.54, 1.807) is 0 Å². The molecule has 2 aromatic rings. The van der Waals surface area contributed by atoms with E-state index in [4.69, 9.17) is 10.8 Å². The number of nitrogens with two attached hydrogens (primary N) is 1. The molecule has 0 saturated carbocycles. The molecule has 0 aliphatic carbocycles. The first-order valence-corrected chi connectivity index (χ1v) is 5.41. The number of hydrogen-bond donors (Lipinski definition) is 3. The lowest BCUT2D eigenvalue weighted by atomic mass is 10.2. The third-order valence-corrected chi connectivity index (χ3v) is 2.50. The molecule has 0 atom stereocenters. The topological polar surface area (TPSA) is 88.2 Å². The molecule has 5 nitrogen and oxygen atoms in total. The molecule has 110 valence electrons. The summed E-state index contributed by atoms with van der Waals surface area (Å²) in [6, 6.07) is 2.21. The highest BCUT2D eigenvalue weighted by Crippen LogP contribution is 2.28. The molecule has 0 aliphatic heterocycles. The van der Waals surface area contributed by atoms with Gasteiger partial charge in [0, 0.05) is 6.07 Å². The van der Waals surface area contributed by atoms with Crippen LogP contribution in [0.1, 0.15) is 10.5 Å². The van der Waals surface area contributed by atoms with E-state index in [0.717, 1.165) is 12.1 Å². The highest BCUT2D eigenvalue weighted by molar-refractivity contribution is 5.87. The molecule has 0 unspecified atom stereocenters. The Balaban J connectivity index is 2.53. The third kappa shape index (κ3) is 2.71. The maximum absolute atomic E-state index is 13.5. The van der Waals surface area contributed by atoms with Gasteiger partial charge in [-0.25, -0.2) is 27.3 Å². The number of pyridine rings is 1. The van der Waals surface area contributed by atoms with Crippen LogP contribution in [0.3, 0.4) is 0 Å². The van der Waals surface area contributed by atoms with Crippen LogP contribution in [-0.4, -0.2) is 16.1 Å². The second kappa shape index (κ2) is 5.27. The molecular weight excluding hydrogens is 294 g/mol. The van der Waals surface area contributed by atoms with Gasteiger partial charge in [-0.3, -0.25) is 0 Å². The fourth-order valence-electron chi connectivity index (χ4n) is 1.49. The van der Waals surface area contributed by atoms with Gasteiger partial charge < -0.3 is 16.2 Å². The summed E-state index contributed by atoms with van der Waals surface area (Å²) in [7, 11) is 0. The molecule has 0 amide bonds. The number of benzene rings is 1. The summed E-state index contributed by atoms with van der Waals surface area (Å²) in [6.45, 7) is 0. The molecule has 0 radical (unpaired) electrons. The molecular formula is C12H7F4N3O2. The van der Waals surface area contributed by atoms with Crippen molar-refractivity contribution in [3.05, 3.63) is 47.2 Å². The van der Waals surface area contributed by atoms with E-state index in [1.165, 1.54) is 0 Å². The van der Waals surface area contributed by atoms with E-state index in [2.05, 4.69) is 4.98 Å². The van der Waals surface area contributed by atoms with Crippen LogP contribution >= 0.6 is 0 Å². The number of anilines is 3. The average molecular weight is 301 g/mol. The Morgan fingerprint density at radius 2 is 1.71 bits per heavy atom.